The number of aromatic nitrogens is 1. The lowest BCUT2D eigenvalue weighted by Gasteiger charge is -2.05. The van der Waals surface area contributed by atoms with Crippen LogP contribution in [-0.2, 0) is 0 Å². The highest BCUT2D eigenvalue weighted by Crippen LogP contribution is 2.20. The van der Waals surface area contributed by atoms with Crippen molar-refractivity contribution in [3.8, 4) is 5.75 Å². The standard InChI is InChI=1S/C9H8BNO3/c12-8-7-4-2-1-3-6(7)5-11-9(8)10(13)14/h1-5,12-14H. The molecular formula is C9H8BNO3. The van der Waals surface area contributed by atoms with Gasteiger partial charge >= 0.3 is 7.12 Å². The van der Waals surface area contributed by atoms with Crippen LogP contribution in [0.3, 0.4) is 0 Å². The maximum absolute atomic E-state index is 9.64. The zero-order valence-corrected chi connectivity index (χ0v) is 7.25. The lowest BCUT2D eigenvalue weighted by Crippen LogP contribution is -2.32. The minimum Gasteiger partial charge on any atom is -0.506 e. The molecule has 0 aliphatic carbocycles. The fraction of sp³-hybridized carbons (Fsp3) is 0. The molecule has 1 aromatic carbocycles. The van der Waals surface area contributed by atoms with Gasteiger partial charge in [-0.15, -0.1) is 0 Å². The first-order valence-corrected chi connectivity index (χ1v) is 4.13. The van der Waals surface area contributed by atoms with E-state index in [0.29, 0.717) is 5.39 Å². The molecule has 0 aliphatic heterocycles. The van der Waals surface area contributed by atoms with Gasteiger partial charge < -0.3 is 15.2 Å². The molecule has 5 heteroatoms. The van der Waals surface area contributed by atoms with Crippen molar-refractivity contribution in [3.05, 3.63) is 30.5 Å². The van der Waals surface area contributed by atoms with Crippen LogP contribution in [0.25, 0.3) is 10.8 Å². The highest BCUT2D eigenvalue weighted by atomic mass is 16.4. The number of hydrogen-bond donors (Lipinski definition) is 3. The van der Waals surface area contributed by atoms with Crippen molar-refractivity contribution in [3.63, 3.8) is 0 Å². The van der Waals surface area contributed by atoms with Crippen LogP contribution in [-0.4, -0.2) is 27.3 Å². The van der Waals surface area contributed by atoms with Gasteiger partial charge in [0.25, 0.3) is 0 Å². The molecule has 0 atom stereocenters. The number of nitrogens with zero attached hydrogens (tertiary/aromatic N) is 1. The Bertz CT molecular complexity index is 473. The van der Waals surface area contributed by atoms with Crippen molar-refractivity contribution < 1.29 is 15.2 Å². The van der Waals surface area contributed by atoms with E-state index >= 15 is 0 Å². The van der Waals surface area contributed by atoms with Gasteiger partial charge in [-0.2, -0.15) is 0 Å². The summed E-state index contributed by atoms with van der Waals surface area (Å²) >= 11 is 0. The Morgan fingerprint density at radius 3 is 2.57 bits per heavy atom. The van der Waals surface area contributed by atoms with Gasteiger partial charge in [-0.1, -0.05) is 24.3 Å². The number of aromatic hydroxyl groups is 1. The molecule has 1 aromatic heterocycles. The quantitative estimate of drug-likeness (QED) is 0.534. The first kappa shape index (κ1) is 8.99. The molecule has 2 rings (SSSR count). The first-order valence-electron chi connectivity index (χ1n) is 4.13. The van der Waals surface area contributed by atoms with Gasteiger partial charge in [0.2, 0.25) is 0 Å². The van der Waals surface area contributed by atoms with Gasteiger partial charge in [-0.3, -0.25) is 4.98 Å². The molecular weight excluding hydrogens is 181 g/mol. The number of fused-ring (bicyclic) bond motifs is 1. The van der Waals surface area contributed by atoms with E-state index in [4.69, 9.17) is 10.0 Å². The predicted octanol–water partition coefficient (Wildman–Crippen LogP) is -0.380. The predicted molar refractivity (Wildman–Crippen MR) is 53.2 cm³/mol. The van der Waals surface area contributed by atoms with Crippen molar-refractivity contribution in [2.45, 2.75) is 0 Å². The largest absolute Gasteiger partial charge is 0.512 e. The summed E-state index contributed by atoms with van der Waals surface area (Å²) in [5, 5.41) is 28.8. The van der Waals surface area contributed by atoms with Crippen molar-refractivity contribution in [2.24, 2.45) is 0 Å². The average molecular weight is 189 g/mol. The van der Waals surface area contributed by atoms with Gasteiger partial charge in [0.1, 0.15) is 11.3 Å². The van der Waals surface area contributed by atoms with Crippen molar-refractivity contribution in [1.82, 2.24) is 4.98 Å². The molecule has 0 fully saturated rings. The summed E-state index contributed by atoms with van der Waals surface area (Å²) < 4.78 is 0. The van der Waals surface area contributed by atoms with Crippen LogP contribution < -0.4 is 5.59 Å². The summed E-state index contributed by atoms with van der Waals surface area (Å²) in [5.74, 6) is -0.182. The van der Waals surface area contributed by atoms with Crippen LogP contribution in [0.2, 0.25) is 0 Å². The fourth-order valence-electron chi connectivity index (χ4n) is 1.35. The lowest BCUT2D eigenvalue weighted by molar-refractivity contribution is 0.418. The summed E-state index contributed by atoms with van der Waals surface area (Å²) in [6.07, 6.45) is 1.49. The minimum absolute atomic E-state index is 0.122. The van der Waals surface area contributed by atoms with Crippen LogP contribution in [0.4, 0.5) is 0 Å². The number of pyridine rings is 1. The van der Waals surface area contributed by atoms with E-state index < -0.39 is 7.12 Å². The van der Waals surface area contributed by atoms with E-state index in [1.54, 1.807) is 18.2 Å². The third-order valence-electron chi connectivity index (χ3n) is 2.05. The Kier molecular flexibility index (Phi) is 2.11. The zero-order chi connectivity index (χ0) is 10.1. The molecule has 0 bridgehead atoms. The van der Waals surface area contributed by atoms with E-state index in [1.807, 2.05) is 6.07 Å². The van der Waals surface area contributed by atoms with Crippen molar-refractivity contribution >= 4 is 23.5 Å². The molecule has 0 radical (unpaired) electrons. The topological polar surface area (TPSA) is 73.6 Å². The molecule has 2 aromatic rings. The normalized spacial score (nSPS) is 10.4. The summed E-state index contributed by atoms with van der Waals surface area (Å²) in [6.45, 7) is 0. The summed E-state index contributed by atoms with van der Waals surface area (Å²) in [7, 11) is -1.75. The van der Waals surface area contributed by atoms with Gasteiger partial charge in [-0.05, 0) is 0 Å². The molecule has 0 spiro atoms. The smallest absolute Gasteiger partial charge is 0.506 e. The Morgan fingerprint density at radius 1 is 1.14 bits per heavy atom. The molecule has 0 amide bonds. The fourth-order valence-corrected chi connectivity index (χ4v) is 1.35. The molecule has 3 N–H and O–H groups in total. The second-order valence-electron chi connectivity index (χ2n) is 2.95. The van der Waals surface area contributed by atoms with E-state index in [9.17, 15) is 5.11 Å². The zero-order valence-electron chi connectivity index (χ0n) is 7.25. The van der Waals surface area contributed by atoms with Gasteiger partial charge in [0.05, 0.1) is 0 Å². The Morgan fingerprint density at radius 2 is 1.86 bits per heavy atom. The van der Waals surface area contributed by atoms with E-state index in [0.717, 1.165) is 5.39 Å². The number of benzene rings is 1. The van der Waals surface area contributed by atoms with E-state index in [2.05, 4.69) is 4.98 Å². The van der Waals surface area contributed by atoms with Gasteiger partial charge in [-0.25, -0.2) is 0 Å². The van der Waals surface area contributed by atoms with Crippen molar-refractivity contribution in [1.29, 1.82) is 0 Å². The van der Waals surface area contributed by atoms with E-state index in [1.165, 1.54) is 6.20 Å². The third kappa shape index (κ3) is 1.32. The Balaban J connectivity index is 2.75. The Hall–Kier alpha value is -1.59. The maximum Gasteiger partial charge on any atom is 0.512 e. The highest BCUT2D eigenvalue weighted by molar-refractivity contribution is 6.59. The number of hydrogen-bond acceptors (Lipinski definition) is 4. The SMILES string of the molecule is OB(O)c1ncc2ccccc2c1O. The third-order valence-corrected chi connectivity index (χ3v) is 2.05. The summed E-state index contributed by atoms with van der Waals surface area (Å²) in [5.41, 5.74) is -0.122. The van der Waals surface area contributed by atoms with Crippen LogP contribution >= 0.6 is 0 Å². The molecule has 14 heavy (non-hydrogen) atoms. The molecule has 0 saturated heterocycles. The summed E-state index contributed by atoms with van der Waals surface area (Å²) in [4.78, 5) is 3.76. The van der Waals surface area contributed by atoms with Crippen LogP contribution in [0.5, 0.6) is 5.75 Å². The molecule has 4 nitrogen and oxygen atoms in total. The Labute approximate surface area is 80.6 Å². The average Bonchev–Trinajstić information content (AvgIpc) is 2.18. The lowest BCUT2D eigenvalue weighted by atomic mass is 9.84. The second-order valence-corrected chi connectivity index (χ2v) is 2.95. The first-order chi connectivity index (χ1) is 6.70. The molecule has 0 unspecified atom stereocenters. The second kappa shape index (κ2) is 3.28. The van der Waals surface area contributed by atoms with Gasteiger partial charge in [0, 0.05) is 17.0 Å². The molecule has 1 heterocycles. The van der Waals surface area contributed by atoms with Crippen LogP contribution in [0.1, 0.15) is 0 Å². The maximum atomic E-state index is 9.64. The van der Waals surface area contributed by atoms with Crippen LogP contribution in [0.15, 0.2) is 30.5 Å². The number of rotatable bonds is 1. The van der Waals surface area contributed by atoms with E-state index in [-0.39, 0.29) is 11.3 Å². The summed E-state index contributed by atoms with van der Waals surface area (Å²) in [6, 6.07) is 7.06. The van der Waals surface area contributed by atoms with Crippen LogP contribution in [0, 0.1) is 0 Å². The minimum atomic E-state index is -1.75. The molecule has 0 aliphatic rings. The van der Waals surface area contributed by atoms with Crippen molar-refractivity contribution in [2.75, 3.05) is 0 Å². The molecule has 70 valence electrons. The monoisotopic (exact) mass is 189 g/mol. The van der Waals surface area contributed by atoms with Gasteiger partial charge in [0.15, 0.2) is 0 Å². The molecule has 0 saturated carbocycles. The highest BCUT2D eigenvalue weighted by Gasteiger charge is 2.19.